The van der Waals surface area contributed by atoms with Crippen LogP contribution in [0.5, 0.6) is 5.88 Å². The first kappa shape index (κ1) is 27.6. The fourth-order valence-electron chi connectivity index (χ4n) is 4.22. The van der Waals surface area contributed by atoms with Crippen molar-refractivity contribution in [3.8, 4) is 5.88 Å². The van der Waals surface area contributed by atoms with E-state index in [0.29, 0.717) is 35.4 Å². The average Bonchev–Trinajstić information content (AvgIpc) is 3.53. The van der Waals surface area contributed by atoms with Gasteiger partial charge in [0.2, 0.25) is 11.8 Å². The van der Waals surface area contributed by atoms with E-state index < -0.39 is 24.4 Å². The lowest BCUT2D eigenvalue weighted by Gasteiger charge is -2.18. The number of benzene rings is 2. The number of aryl methyl sites for hydroxylation is 3. The third kappa shape index (κ3) is 6.71. The van der Waals surface area contributed by atoms with Gasteiger partial charge in [-0.1, -0.05) is 53.1 Å². The number of nitrogens with two attached hydrogens (primary N) is 1. The van der Waals surface area contributed by atoms with Gasteiger partial charge in [0.05, 0.1) is 18.1 Å². The number of rotatable bonds is 7. The van der Waals surface area contributed by atoms with Crippen LogP contribution in [-0.2, 0) is 19.0 Å². The normalized spacial score (nSPS) is 18.2. The maximum atomic E-state index is 12.6. The maximum Gasteiger partial charge on any atom is 0.338 e. The second kappa shape index (κ2) is 12.4. The quantitative estimate of drug-likeness (QED) is 0.273. The van der Waals surface area contributed by atoms with Crippen molar-refractivity contribution in [2.45, 2.75) is 45.6 Å². The molecule has 3 unspecified atom stereocenters. The van der Waals surface area contributed by atoms with E-state index in [1.54, 1.807) is 29.0 Å². The first-order chi connectivity index (χ1) is 18.8. The molecule has 1 aliphatic heterocycles. The zero-order valence-corrected chi connectivity index (χ0v) is 22.4. The van der Waals surface area contributed by atoms with Crippen LogP contribution in [0, 0.1) is 20.8 Å². The van der Waals surface area contributed by atoms with Crippen LogP contribution in [0.15, 0.2) is 60.8 Å². The summed E-state index contributed by atoms with van der Waals surface area (Å²) in [5.41, 5.74) is 10.5. The summed E-state index contributed by atoms with van der Waals surface area (Å²) in [5.74, 6) is -0.0659. The molecule has 1 aliphatic rings. The Bertz CT molecular complexity index is 1400. The minimum Gasteiger partial charge on any atom is -0.480 e. The molecule has 0 radical (unpaired) electrons. The van der Waals surface area contributed by atoms with E-state index in [0.717, 1.165) is 5.56 Å². The molecule has 0 bridgehead atoms. The van der Waals surface area contributed by atoms with Crippen LogP contribution in [-0.4, -0.2) is 52.9 Å². The molecular weight excluding hydrogens is 500 g/mol. The van der Waals surface area contributed by atoms with Crippen LogP contribution in [0.2, 0.25) is 0 Å². The molecule has 2 aromatic heterocycles. The number of methoxy groups -OCH3 is 1. The molecule has 3 heterocycles. The van der Waals surface area contributed by atoms with Gasteiger partial charge in [0, 0.05) is 12.6 Å². The fraction of sp³-hybridized carbons (Fsp3) is 0.310. The number of aromatic nitrogens is 3. The van der Waals surface area contributed by atoms with Gasteiger partial charge in [-0.3, -0.25) is 4.79 Å². The highest BCUT2D eigenvalue weighted by atomic mass is 16.6. The third-order valence-electron chi connectivity index (χ3n) is 6.33. The summed E-state index contributed by atoms with van der Waals surface area (Å²) in [6, 6.07) is 17.3. The summed E-state index contributed by atoms with van der Waals surface area (Å²) < 4.78 is 23.7. The standard InChI is InChI=1S/C21H22N4O6.C8H10/c1-12-3-5-13(6-4-12)20(27)31-15-9-17(30-16(15)10-29-11-26)25-8-7-14-18(25)23-21(22)24-19(14)28-2;1-7-3-5-8(2)6-4-7/h3-8,11,15-17H,9-10H2,1-2H3,(H2,22,23,24);3-6H,1-2H3. The van der Waals surface area contributed by atoms with Crippen LogP contribution in [0.25, 0.3) is 11.0 Å². The Kier molecular flexibility index (Phi) is 8.77. The van der Waals surface area contributed by atoms with Crippen molar-refractivity contribution >= 4 is 29.4 Å². The number of fused-ring (bicyclic) bond motifs is 1. The monoisotopic (exact) mass is 532 g/mol. The summed E-state index contributed by atoms with van der Waals surface area (Å²) in [4.78, 5) is 31.7. The van der Waals surface area contributed by atoms with E-state index in [2.05, 4.69) is 48.1 Å². The molecule has 0 saturated carbocycles. The Balaban J connectivity index is 0.000000379. The molecule has 0 spiro atoms. The predicted molar refractivity (Wildman–Crippen MR) is 145 cm³/mol. The number of anilines is 1. The molecule has 4 aromatic rings. The van der Waals surface area contributed by atoms with Crippen LogP contribution in [0.3, 0.4) is 0 Å². The fourth-order valence-corrected chi connectivity index (χ4v) is 4.22. The molecule has 0 amide bonds. The molecule has 10 heteroatoms. The maximum absolute atomic E-state index is 12.6. The van der Waals surface area contributed by atoms with E-state index in [1.165, 1.54) is 18.2 Å². The van der Waals surface area contributed by atoms with Crippen molar-refractivity contribution in [3.05, 3.63) is 83.0 Å². The Labute approximate surface area is 226 Å². The predicted octanol–water partition coefficient (Wildman–Crippen LogP) is 4.32. The molecule has 1 saturated heterocycles. The van der Waals surface area contributed by atoms with Crippen LogP contribution in [0.4, 0.5) is 5.95 Å². The Morgan fingerprint density at radius 1 is 1.03 bits per heavy atom. The Morgan fingerprint density at radius 2 is 1.64 bits per heavy atom. The molecule has 5 rings (SSSR count). The summed E-state index contributed by atoms with van der Waals surface area (Å²) in [6.07, 6.45) is 0.321. The van der Waals surface area contributed by atoms with E-state index >= 15 is 0 Å². The first-order valence-electron chi connectivity index (χ1n) is 12.5. The number of nitrogen functional groups attached to an aromatic ring is 1. The van der Waals surface area contributed by atoms with Crippen molar-refractivity contribution in [2.75, 3.05) is 19.5 Å². The number of nitrogens with zero attached hydrogens (tertiary/aromatic N) is 3. The van der Waals surface area contributed by atoms with Crippen LogP contribution >= 0.6 is 0 Å². The van der Waals surface area contributed by atoms with E-state index in [4.69, 9.17) is 24.7 Å². The number of hydrogen-bond acceptors (Lipinski definition) is 9. The van der Waals surface area contributed by atoms with Crippen molar-refractivity contribution in [1.82, 2.24) is 14.5 Å². The van der Waals surface area contributed by atoms with E-state index in [-0.39, 0.29) is 12.6 Å². The van der Waals surface area contributed by atoms with Gasteiger partial charge in [0.25, 0.3) is 6.47 Å². The number of hydrogen-bond donors (Lipinski definition) is 1. The van der Waals surface area contributed by atoms with E-state index in [1.807, 2.05) is 19.1 Å². The van der Waals surface area contributed by atoms with Gasteiger partial charge < -0.3 is 29.2 Å². The van der Waals surface area contributed by atoms with Crippen molar-refractivity contribution in [1.29, 1.82) is 0 Å². The Hall–Kier alpha value is -4.44. The topological polar surface area (TPSA) is 128 Å². The average molecular weight is 533 g/mol. The minimum absolute atomic E-state index is 0.0501. The van der Waals surface area contributed by atoms with Gasteiger partial charge >= 0.3 is 5.97 Å². The highest BCUT2D eigenvalue weighted by Gasteiger charge is 2.40. The first-order valence-corrected chi connectivity index (χ1v) is 12.5. The lowest BCUT2D eigenvalue weighted by Crippen LogP contribution is -2.31. The second-order valence-corrected chi connectivity index (χ2v) is 9.31. The largest absolute Gasteiger partial charge is 0.480 e. The molecule has 204 valence electrons. The highest BCUT2D eigenvalue weighted by molar-refractivity contribution is 5.89. The molecule has 0 aliphatic carbocycles. The molecule has 3 atom stereocenters. The number of ether oxygens (including phenoxy) is 4. The molecule has 2 aromatic carbocycles. The van der Waals surface area contributed by atoms with Gasteiger partial charge in [-0.05, 0) is 39.0 Å². The van der Waals surface area contributed by atoms with Crippen molar-refractivity contribution < 1.29 is 28.5 Å². The van der Waals surface area contributed by atoms with Gasteiger partial charge in [0.15, 0.2) is 5.65 Å². The highest BCUT2D eigenvalue weighted by Crippen LogP contribution is 2.35. The summed E-state index contributed by atoms with van der Waals surface area (Å²) >= 11 is 0. The summed E-state index contributed by atoms with van der Waals surface area (Å²) in [7, 11) is 1.50. The van der Waals surface area contributed by atoms with Gasteiger partial charge in [0.1, 0.15) is 25.0 Å². The zero-order valence-electron chi connectivity index (χ0n) is 22.4. The summed E-state index contributed by atoms with van der Waals surface area (Å²) in [6.45, 7) is 6.41. The van der Waals surface area contributed by atoms with E-state index in [9.17, 15) is 9.59 Å². The molecular formula is C29H32N4O6. The second-order valence-electron chi connectivity index (χ2n) is 9.31. The molecule has 2 N–H and O–H groups in total. The molecule has 39 heavy (non-hydrogen) atoms. The molecule has 1 fully saturated rings. The molecule has 10 nitrogen and oxygen atoms in total. The lowest BCUT2D eigenvalue weighted by atomic mass is 10.1. The lowest BCUT2D eigenvalue weighted by molar-refractivity contribution is -0.135. The van der Waals surface area contributed by atoms with Crippen molar-refractivity contribution in [3.63, 3.8) is 0 Å². The van der Waals surface area contributed by atoms with Gasteiger partial charge in [-0.15, -0.1) is 0 Å². The third-order valence-corrected chi connectivity index (χ3v) is 6.33. The van der Waals surface area contributed by atoms with Gasteiger partial charge in [-0.2, -0.15) is 9.97 Å². The number of esters is 1. The van der Waals surface area contributed by atoms with Gasteiger partial charge in [-0.25, -0.2) is 4.79 Å². The van der Waals surface area contributed by atoms with Crippen LogP contribution < -0.4 is 10.5 Å². The zero-order chi connectivity index (χ0) is 27.9. The SMILES string of the molecule is COc1nc(N)nc2c1ccn2C1CC(OC(=O)c2ccc(C)cc2)C(COC=O)O1.Cc1ccc(C)cc1. The number of carbonyl (C=O) groups is 2. The summed E-state index contributed by atoms with van der Waals surface area (Å²) in [5, 5.41) is 0.668. The van der Waals surface area contributed by atoms with Crippen LogP contribution in [0.1, 0.15) is 39.7 Å². The van der Waals surface area contributed by atoms with Crippen molar-refractivity contribution in [2.24, 2.45) is 0 Å². The Morgan fingerprint density at radius 3 is 2.23 bits per heavy atom. The minimum atomic E-state index is -0.636. The number of carbonyl (C=O) groups excluding carboxylic acids is 2. The smallest absolute Gasteiger partial charge is 0.338 e.